The fraction of sp³-hybridized carbons (Fsp3) is 0.846. The van der Waals surface area contributed by atoms with E-state index in [2.05, 4.69) is 16.4 Å². The number of hydrogen-bond donors (Lipinski definition) is 1. The number of carbonyl (C=O) groups is 2. The molecule has 0 heterocycles. The Balaban J connectivity index is 0.000000180. The molecule has 0 spiro atoms. The van der Waals surface area contributed by atoms with Gasteiger partial charge in [0.1, 0.15) is 0 Å². The highest BCUT2D eigenvalue weighted by molar-refractivity contribution is 5.73. The van der Waals surface area contributed by atoms with Crippen molar-refractivity contribution in [3.05, 3.63) is 0 Å². The van der Waals surface area contributed by atoms with Crippen molar-refractivity contribution in [2.75, 3.05) is 14.2 Å². The van der Waals surface area contributed by atoms with Crippen molar-refractivity contribution in [3.8, 4) is 0 Å². The van der Waals surface area contributed by atoms with Crippen molar-refractivity contribution in [1.82, 2.24) is 0 Å². The largest absolute Gasteiger partial charge is 0.469 e. The minimum atomic E-state index is -0.269. The molecule has 0 bridgehead atoms. The first-order valence-corrected chi connectivity index (χ1v) is 6.31. The molecule has 0 saturated heterocycles. The zero-order valence-corrected chi connectivity index (χ0v) is 11.2. The lowest BCUT2D eigenvalue weighted by molar-refractivity contribution is -0.152. The SMILES string of the molecule is COC(=O)C1CC(C)C1.COC(=O)C1CC(O)C1. The van der Waals surface area contributed by atoms with Gasteiger partial charge in [-0.3, -0.25) is 9.59 Å². The topological polar surface area (TPSA) is 72.8 Å². The Labute approximate surface area is 107 Å². The summed E-state index contributed by atoms with van der Waals surface area (Å²) in [7, 11) is 2.82. The molecule has 0 aromatic heterocycles. The van der Waals surface area contributed by atoms with E-state index in [0.717, 1.165) is 18.8 Å². The van der Waals surface area contributed by atoms with Crippen molar-refractivity contribution >= 4 is 11.9 Å². The zero-order chi connectivity index (χ0) is 13.7. The van der Waals surface area contributed by atoms with Crippen LogP contribution in [0.1, 0.15) is 32.6 Å². The second kappa shape index (κ2) is 6.73. The van der Waals surface area contributed by atoms with Crippen LogP contribution in [0.5, 0.6) is 0 Å². The number of aliphatic hydroxyl groups excluding tert-OH is 1. The Morgan fingerprint density at radius 2 is 1.33 bits per heavy atom. The first-order chi connectivity index (χ1) is 8.47. The molecule has 0 aromatic carbocycles. The van der Waals surface area contributed by atoms with Crippen molar-refractivity contribution in [3.63, 3.8) is 0 Å². The lowest BCUT2D eigenvalue weighted by Crippen LogP contribution is -2.34. The van der Waals surface area contributed by atoms with Crippen LogP contribution in [0.25, 0.3) is 0 Å². The van der Waals surface area contributed by atoms with Crippen molar-refractivity contribution < 1.29 is 24.2 Å². The molecular weight excluding hydrogens is 236 g/mol. The Morgan fingerprint density at radius 3 is 1.61 bits per heavy atom. The van der Waals surface area contributed by atoms with E-state index >= 15 is 0 Å². The lowest BCUT2D eigenvalue weighted by Gasteiger charge is -2.29. The molecule has 2 aliphatic rings. The molecular formula is C13H22O5. The summed E-state index contributed by atoms with van der Waals surface area (Å²) in [5, 5.41) is 8.75. The van der Waals surface area contributed by atoms with Crippen LogP contribution in [0.15, 0.2) is 0 Å². The molecule has 0 radical (unpaired) electrons. The van der Waals surface area contributed by atoms with E-state index in [1.807, 2.05) is 0 Å². The Kier molecular flexibility index (Phi) is 5.59. The van der Waals surface area contributed by atoms with Gasteiger partial charge in [-0.25, -0.2) is 0 Å². The smallest absolute Gasteiger partial charge is 0.308 e. The van der Waals surface area contributed by atoms with Gasteiger partial charge in [-0.15, -0.1) is 0 Å². The van der Waals surface area contributed by atoms with E-state index in [1.54, 1.807) is 0 Å². The standard InChI is InChI=1S/C7H12O2.C6H10O3/c1-5-3-6(4-5)7(8)9-2;1-9-6(8)4-2-5(7)3-4/h5-6H,3-4H2,1-2H3;4-5,7H,2-3H2,1H3. The maximum Gasteiger partial charge on any atom is 0.308 e. The van der Waals surface area contributed by atoms with Crippen LogP contribution < -0.4 is 0 Å². The zero-order valence-electron chi connectivity index (χ0n) is 11.2. The number of carbonyl (C=O) groups excluding carboxylic acids is 2. The van der Waals surface area contributed by atoms with Gasteiger partial charge in [0.2, 0.25) is 0 Å². The fourth-order valence-corrected chi connectivity index (χ4v) is 2.21. The minimum absolute atomic E-state index is 0.0342. The van der Waals surface area contributed by atoms with Gasteiger partial charge in [-0.05, 0) is 31.6 Å². The molecule has 5 nitrogen and oxygen atoms in total. The van der Waals surface area contributed by atoms with E-state index in [-0.39, 0.29) is 29.9 Å². The quantitative estimate of drug-likeness (QED) is 0.752. The second-order valence-corrected chi connectivity index (χ2v) is 5.14. The Hall–Kier alpha value is -1.10. The first-order valence-electron chi connectivity index (χ1n) is 6.31. The van der Waals surface area contributed by atoms with Crippen LogP contribution >= 0.6 is 0 Å². The van der Waals surface area contributed by atoms with E-state index in [9.17, 15) is 9.59 Å². The van der Waals surface area contributed by atoms with Crippen molar-refractivity contribution in [2.45, 2.75) is 38.7 Å². The van der Waals surface area contributed by atoms with Gasteiger partial charge in [-0.2, -0.15) is 0 Å². The number of esters is 2. The number of rotatable bonds is 2. The van der Waals surface area contributed by atoms with Crippen LogP contribution in [0.2, 0.25) is 0 Å². The fourth-order valence-electron chi connectivity index (χ4n) is 2.21. The summed E-state index contributed by atoms with van der Waals surface area (Å²) in [6, 6.07) is 0. The molecule has 2 fully saturated rings. The number of aliphatic hydroxyl groups is 1. The number of hydrogen-bond acceptors (Lipinski definition) is 5. The summed E-state index contributed by atoms with van der Waals surface area (Å²) in [6.45, 7) is 2.15. The first kappa shape index (κ1) is 15.0. The molecule has 1 N–H and O–H groups in total. The van der Waals surface area contributed by atoms with Gasteiger partial charge in [0.25, 0.3) is 0 Å². The van der Waals surface area contributed by atoms with E-state index < -0.39 is 0 Å². The molecule has 104 valence electrons. The predicted octanol–water partition coefficient (Wildman–Crippen LogP) is 1.14. The molecule has 0 atom stereocenters. The van der Waals surface area contributed by atoms with Gasteiger partial charge in [0, 0.05) is 0 Å². The Morgan fingerprint density at radius 1 is 0.944 bits per heavy atom. The third kappa shape index (κ3) is 3.98. The molecule has 2 aliphatic carbocycles. The van der Waals surface area contributed by atoms with Crippen LogP contribution in [-0.4, -0.2) is 37.4 Å². The van der Waals surface area contributed by atoms with Crippen LogP contribution in [0.3, 0.4) is 0 Å². The molecule has 0 aromatic rings. The maximum absolute atomic E-state index is 10.7. The predicted molar refractivity (Wildman–Crippen MR) is 64.7 cm³/mol. The summed E-state index contributed by atoms with van der Waals surface area (Å²) < 4.78 is 9.02. The molecule has 0 unspecified atom stereocenters. The minimum Gasteiger partial charge on any atom is -0.469 e. The average molecular weight is 258 g/mol. The van der Waals surface area contributed by atoms with Crippen molar-refractivity contribution in [1.29, 1.82) is 0 Å². The highest BCUT2D eigenvalue weighted by Gasteiger charge is 2.33. The molecule has 18 heavy (non-hydrogen) atoms. The summed E-state index contributed by atoms with van der Waals surface area (Å²) in [6.07, 6.45) is 2.92. The summed E-state index contributed by atoms with van der Waals surface area (Å²) in [4.78, 5) is 21.3. The monoisotopic (exact) mass is 258 g/mol. The van der Waals surface area contributed by atoms with Crippen molar-refractivity contribution in [2.24, 2.45) is 17.8 Å². The molecule has 2 saturated carbocycles. The van der Waals surface area contributed by atoms with Gasteiger partial charge in [0.15, 0.2) is 0 Å². The number of methoxy groups -OCH3 is 2. The normalized spacial score (nSPS) is 33.1. The highest BCUT2D eigenvalue weighted by atomic mass is 16.5. The average Bonchev–Trinajstić information content (AvgIpc) is 2.30. The van der Waals surface area contributed by atoms with Gasteiger partial charge in [0.05, 0.1) is 32.2 Å². The molecule has 2 rings (SSSR count). The van der Waals surface area contributed by atoms with Gasteiger partial charge >= 0.3 is 11.9 Å². The molecule has 5 heteroatoms. The Bertz CT molecular complexity index is 260. The highest BCUT2D eigenvalue weighted by Crippen LogP contribution is 2.33. The van der Waals surface area contributed by atoms with E-state index in [4.69, 9.17) is 5.11 Å². The molecule has 0 amide bonds. The van der Waals surface area contributed by atoms with Crippen LogP contribution in [0, 0.1) is 17.8 Å². The molecule has 0 aliphatic heterocycles. The van der Waals surface area contributed by atoms with Crippen LogP contribution in [-0.2, 0) is 19.1 Å². The lowest BCUT2D eigenvalue weighted by atomic mass is 9.76. The van der Waals surface area contributed by atoms with Crippen LogP contribution in [0.4, 0.5) is 0 Å². The van der Waals surface area contributed by atoms with Gasteiger partial charge in [-0.1, -0.05) is 6.92 Å². The second-order valence-electron chi connectivity index (χ2n) is 5.14. The third-order valence-corrected chi connectivity index (χ3v) is 3.56. The number of ether oxygens (including phenoxy) is 2. The maximum atomic E-state index is 10.7. The van der Waals surface area contributed by atoms with E-state index in [1.165, 1.54) is 14.2 Å². The van der Waals surface area contributed by atoms with Gasteiger partial charge < -0.3 is 14.6 Å². The van der Waals surface area contributed by atoms with E-state index in [0.29, 0.717) is 12.8 Å². The summed E-state index contributed by atoms with van der Waals surface area (Å²) >= 11 is 0. The summed E-state index contributed by atoms with van der Waals surface area (Å²) in [5.41, 5.74) is 0. The summed E-state index contributed by atoms with van der Waals surface area (Å²) in [5.74, 6) is 0.678. The third-order valence-electron chi connectivity index (χ3n) is 3.56.